The second kappa shape index (κ2) is 7.06. The smallest absolute Gasteiger partial charge is 0.126 e. The molecule has 0 aliphatic rings. The molecule has 0 aromatic heterocycles. The van der Waals surface area contributed by atoms with Gasteiger partial charge in [-0.2, -0.15) is 0 Å². The van der Waals surface area contributed by atoms with E-state index in [0.717, 1.165) is 24.1 Å². The molecule has 0 amide bonds. The molecule has 0 radical (unpaired) electrons. The summed E-state index contributed by atoms with van der Waals surface area (Å²) in [7, 11) is 0. The Morgan fingerprint density at radius 2 is 1.95 bits per heavy atom. The fourth-order valence-electron chi connectivity index (χ4n) is 2.07. The van der Waals surface area contributed by atoms with Crippen LogP contribution in [0.25, 0.3) is 0 Å². The molecule has 0 heterocycles. The molecule has 0 unspecified atom stereocenters. The van der Waals surface area contributed by atoms with Gasteiger partial charge in [0, 0.05) is 18.8 Å². The molecule has 2 rings (SSSR count). The molecular weight excluding hydrogens is 253 g/mol. The number of rotatable bonds is 6. The van der Waals surface area contributed by atoms with Gasteiger partial charge in [0.2, 0.25) is 0 Å². The molecule has 106 valence electrons. The Kier molecular flexibility index (Phi) is 5.13. The average molecular weight is 273 g/mol. The summed E-state index contributed by atoms with van der Waals surface area (Å²) >= 11 is 0. The topological polar surface area (TPSA) is 32.3 Å². The molecule has 2 aromatic rings. The highest BCUT2D eigenvalue weighted by molar-refractivity contribution is 5.46. The van der Waals surface area contributed by atoms with Crippen molar-refractivity contribution in [3.05, 3.63) is 65.0 Å². The van der Waals surface area contributed by atoms with Gasteiger partial charge >= 0.3 is 0 Å². The Labute approximate surface area is 119 Å². The van der Waals surface area contributed by atoms with Crippen LogP contribution in [0.1, 0.15) is 23.1 Å². The first-order chi connectivity index (χ1) is 9.69. The number of aliphatic hydroxyl groups excluding tert-OH is 1. The minimum atomic E-state index is -0.166. The van der Waals surface area contributed by atoms with E-state index >= 15 is 0 Å². The van der Waals surface area contributed by atoms with E-state index in [-0.39, 0.29) is 12.4 Å². The molecule has 3 heteroatoms. The molecule has 2 nitrogen and oxygen atoms in total. The Morgan fingerprint density at radius 3 is 2.70 bits per heavy atom. The van der Waals surface area contributed by atoms with Crippen molar-refractivity contribution in [1.29, 1.82) is 0 Å². The molecule has 0 bridgehead atoms. The lowest BCUT2D eigenvalue weighted by molar-refractivity contribution is 0.288. The fraction of sp³-hybridized carbons (Fsp3) is 0.294. The summed E-state index contributed by atoms with van der Waals surface area (Å²) in [6.07, 6.45) is 1.64. The standard InChI is InChI=1S/C17H20FNO/c1-13-7-8-15(11-17(13)18)12-19-16-6-2-4-14(10-16)5-3-9-20/h2,4,6-8,10-11,19-20H,3,5,9,12H2,1H3. The third-order valence-electron chi connectivity index (χ3n) is 3.28. The maximum Gasteiger partial charge on any atom is 0.126 e. The molecule has 0 saturated heterocycles. The van der Waals surface area contributed by atoms with Crippen LogP contribution in [0, 0.1) is 12.7 Å². The van der Waals surface area contributed by atoms with E-state index < -0.39 is 0 Å². The maximum atomic E-state index is 13.5. The monoisotopic (exact) mass is 273 g/mol. The number of hydrogen-bond acceptors (Lipinski definition) is 2. The molecule has 0 saturated carbocycles. The highest BCUT2D eigenvalue weighted by Crippen LogP contribution is 2.15. The molecule has 20 heavy (non-hydrogen) atoms. The van der Waals surface area contributed by atoms with Gasteiger partial charge in [-0.05, 0) is 54.7 Å². The zero-order valence-corrected chi connectivity index (χ0v) is 11.7. The van der Waals surface area contributed by atoms with E-state index in [0.29, 0.717) is 12.1 Å². The Balaban J connectivity index is 1.97. The zero-order valence-electron chi connectivity index (χ0n) is 11.7. The number of aliphatic hydroxyl groups is 1. The summed E-state index contributed by atoms with van der Waals surface area (Å²) in [6, 6.07) is 13.4. The van der Waals surface area contributed by atoms with Gasteiger partial charge in [0.1, 0.15) is 5.82 Å². The highest BCUT2D eigenvalue weighted by atomic mass is 19.1. The first-order valence-electron chi connectivity index (χ1n) is 6.88. The van der Waals surface area contributed by atoms with Gasteiger partial charge < -0.3 is 10.4 Å². The van der Waals surface area contributed by atoms with Gasteiger partial charge in [-0.3, -0.25) is 0 Å². The number of hydrogen-bond donors (Lipinski definition) is 2. The van der Waals surface area contributed by atoms with E-state index in [2.05, 4.69) is 11.4 Å². The number of aryl methyl sites for hydroxylation is 2. The predicted octanol–water partition coefficient (Wildman–Crippen LogP) is 3.67. The average Bonchev–Trinajstić information content (AvgIpc) is 2.47. The second-order valence-electron chi connectivity index (χ2n) is 4.96. The third-order valence-corrected chi connectivity index (χ3v) is 3.28. The minimum Gasteiger partial charge on any atom is -0.396 e. The quantitative estimate of drug-likeness (QED) is 0.841. The molecule has 2 aromatic carbocycles. The lowest BCUT2D eigenvalue weighted by Crippen LogP contribution is -2.01. The van der Waals surface area contributed by atoms with Crippen molar-refractivity contribution in [3.63, 3.8) is 0 Å². The van der Waals surface area contributed by atoms with Crippen molar-refractivity contribution < 1.29 is 9.50 Å². The summed E-state index contributed by atoms with van der Waals surface area (Å²) in [6.45, 7) is 2.57. The Hall–Kier alpha value is -1.87. The second-order valence-corrected chi connectivity index (χ2v) is 4.96. The van der Waals surface area contributed by atoms with E-state index in [1.165, 1.54) is 5.56 Å². The lowest BCUT2D eigenvalue weighted by Gasteiger charge is -2.09. The van der Waals surface area contributed by atoms with Gasteiger partial charge in [0.25, 0.3) is 0 Å². The molecule has 0 aliphatic heterocycles. The molecule has 0 spiro atoms. The largest absolute Gasteiger partial charge is 0.396 e. The van der Waals surface area contributed by atoms with Crippen LogP contribution in [0.3, 0.4) is 0 Å². The highest BCUT2D eigenvalue weighted by Gasteiger charge is 2.00. The zero-order chi connectivity index (χ0) is 14.4. The fourth-order valence-corrected chi connectivity index (χ4v) is 2.07. The summed E-state index contributed by atoms with van der Waals surface area (Å²) in [4.78, 5) is 0. The van der Waals surface area contributed by atoms with Crippen molar-refractivity contribution in [3.8, 4) is 0 Å². The van der Waals surface area contributed by atoms with Crippen LogP contribution in [-0.4, -0.2) is 11.7 Å². The summed E-state index contributed by atoms with van der Waals surface area (Å²) < 4.78 is 13.5. The van der Waals surface area contributed by atoms with Crippen LogP contribution >= 0.6 is 0 Å². The van der Waals surface area contributed by atoms with Crippen LogP contribution in [0.4, 0.5) is 10.1 Å². The number of anilines is 1. The normalized spacial score (nSPS) is 10.6. The number of halogens is 1. The van der Waals surface area contributed by atoms with Crippen molar-refractivity contribution in [2.75, 3.05) is 11.9 Å². The van der Waals surface area contributed by atoms with Crippen LogP contribution in [0.5, 0.6) is 0 Å². The first kappa shape index (κ1) is 14.5. The van der Waals surface area contributed by atoms with Crippen LogP contribution in [0.15, 0.2) is 42.5 Å². The van der Waals surface area contributed by atoms with Crippen LogP contribution in [0.2, 0.25) is 0 Å². The molecule has 2 N–H and O–H groups in total. The summed E-state index contributed by atoms with van der Waals surface area (Å²) in [5.41, 5.74) is 3.80. The Bertz CT molecular complexity index is 569. The number of nitrogens with one attached hydrogen (secondary N) is 1. The SMILES string of the molecule is Cc1ccc(CNc2cccc(CCCO)c2)cc1F. The van der Waals surface area contributed by atoms with Gasteiger partial charge in [-0.1, -0.05) is 24.3 Å². The molecule has 0 fully saturated rings. The maximum absolute atomic E-state index is 13.5. The lowest BCUT2D eigenvalue weighted by atomic mass is 10.1. The molecule has 0 atom stereocenters. The van der Waals surface area contributed by atoms with Crippen molar-refractivity contribution >= 4 is 5.69 Å². The van der Waals surface area contributed by atoms with Crippen molar-refractivity contribution in [2.24, 2.45) is 0 Å². The minimum absolute atomic E-state index is 0.166. The van der Waals surface area contributed by atoms with E-state index in [1.807, 2.05) is 24.3 Å². The van der Waals surface area contributed by atoms with Crippen molar-refractivity contribution in [1.82, 2.24) is 0 Å². The van der Waals surface area contributed by atoms with Gasteiger partial charge in [-0.25, -0.2) is 4.39 Å². The summed E-state index contributed by atoms with van der Waals surface area (Å²) in [5.74, 6) is -0.166. The Morgan fingerprint density at radius 1 is 1.10 bits per heavy atom. The predicted molar refractivity (Wildman–Crippen MR) is 80.3 cm³/mol. The van der Waals surface area contributed by atoms with Crippen LogP contribution in [-0.2, 0) is 13.0 Å². The molecular formula is C17H20FNO. The van der Waals surface area contributed by atoms with E-state index in [1.54, 1.807) is 19.1 Å². The van der Waals surface area contributed by atoms with Crippen molar-refractivity contribution in [2.45, 2.75) is 26.3 Å². The van der Waals surface area contributed by atoms with Crippen LogP contribution < -0.4 is 5.32 Å². The van der Waals surface area contributed by atoms with E-state index in [9.17, 15) is 4.39 Å². The third kappa shape index (κ3) is 4.07. The molecule has 0 aliphatic carbocycles. The number of benzene rings is 2. The van der Waals surface area contributed by atoms with Gasteiger partial charge in [0.15, 0.2) is 0 Å². The van der Waals surface area contributed by atoms with Gasteiger partial charge in [-0.15, -0.1) is 0 Å². The summed E-state index contributed by atoms with van der Waals surface area (Å²) in [5, 5.41) is 12.1. The van der Waals surface area contributed by atoms with Gasteiger partial charge in [0.05, 0.1) is 0 Å². The van der Waals surface area contributed by atoms with E-state index in [4.69, 9.17) is 5.11 Å². The first-order valence-corrected chi connectivity index (χ1v) is 6.88.